The highest BCUT2D eigenvalue weighted by molar-refractivity contribution is 5.78. The van der Waals surface area contributed by atoms with Gasteiger partial charge in [-0.25, -0.2) is 9.59 Å². The second-order valence-corrected chi connectivity index (χ2v) is 6.85. The molecule has 0 aliphatic carbocycles. The molecule has 3 rings (SSSR count). The van der Waals surface area contributed by atoms with E-state index in [-0.39, 0.29) is 11.6 Å². The van der Waals surface area contributed by atoms with Crippen LogP contribution in [-0.4, -0.2) is 47.6 Å². The quantitative estimate of drug-likeness (QED) is 0.839. The van der Waals surface area contributed by atoms with Gasteiger partial charge in [0.25, 0.3) is 0 Å². The maximum absolute atomic E-state index is 12.2. The van der Waals surface area contributed by atoms with E-state index in [1.54, 1.807) is 6.07 Å². The van der Waals surface area contributed by atoms with Crippen LogP contribution in [0.15, 0.2) is 27.4 Å². The first kappa shape index (κ1) is 15.5. The normalized spacial score (nSPS) is 16.0. The van der Waals surface area contributed by atoms with Crippen LogP contribution in [0.5, 0.6) is 0 Å². The van der Waals surface area contributed by atoms with Crippen molar-refractivity contribution in [1.82, 2.24) is 15.2 Å². The first-order valence-corrected chi connectivity index (χ1v) is 7.77. The Kier molecular flexibility index (Phi) is 3.79. The average Bonchev–Trinajstić information content (AvgIpc) is 2.84. The molecule has 0 bridgehead atoms. The minimum absolute atomic E-state index is 0.0215. The third-order valence-electron chi connectivity index (χ3n) is 3.82. The molecule has 7 heteroatoms. The minimum atomic E-state index is -0.444. The lowest BCUT2D eigenvalue weighted by Gasteiger charge is -2.37. The third kappa shape index (κ3) is 3.49. The van der Waals surface area contributed by atoms with E-state index in [1.807, 2.05) is 37.8 Å². The number of hydrogen-bond donors (Lipinski definition) is 2. The Labute approximate surface area is 134 Å². The number of oxazole rings is 1. The lowest BCUT2D eigenvalue weighted by Crippen LogP contribution is -2.55. The summed E-state index contributed by atoms with van der Waals surface area (Å²) < 4.78 is 5.01. The molecule has 1 fully saturated rings. The second-order valence-electron chi connectivity index (χ2n) is 6.85. The molecule has 2 N–H and O–H groups in total. The molecule has 1 saturated heterocycles. The van der Waals surface area contributed by atoms with Gasteiger partial charge < -0.3 is 19.5 Å². The van der Waals surface area contributed by atoms with Gasteiger partial charge in [0.1, 0.15) is 0 Å². The highest BCUT2D eigenvalue weighted by Gasteiger charge is 2.24. The molecule has 2 aromatic rings. The maximum Gasteiger partial charge on any atom is 0.417 e. The Morgan fingerprint density at radius 3 is 2.57 bits per heavy atom. The third-order valence-corrected chi connectivity index (χ3v) is 3.82. The largest absolute Gasteiger partial charge is 0.417 e. The molecule has 0 radical (unpaired) electrons. The van der Waals surface area contributed by atoms with Gasteiger partial charge in [-0.3, -0.25) is 4.98 Å². The molecule has 0 saturated carbocycles. The summed E-state index contributed by atoms with van der Waals surface area (Å²) in [7, 11) is 0. The van der Waals surface area contributed by atoms with E-state index in [4.69, 9.17) is 4.42 Å². The van der Waals surface area contributed by atoms with Crippen LogP contribution < -0.4 is 16.0 Å². The number of benzene rings is 1. The van der Waals surface area contributed by atoms with Crippen LogP contribution >= 0.6 is 0 Å². The van der Waals surface area contributed by atoms with E-state index in [0.29, 0.717) is 24.2 Å². The Morgan fingerprint density at radius 2 is 1.91 bits per heavy atom. The van der Waals surface area contributed by atoms with Gasteiger partial charge in [0, 0.05) is 37.4 Å². The number of amides is 2. The number of rotatable bonds is 1. The number of urea groups is 1. The maximum atomic E-state index is 12.2. The summed E-state index contributed by atoms with van der Waals surface area (Å²) in [6.07, 6.45) is 0. The monoisotopic (exact) mass is 318 g/mol. The number of nitrogens with zero attached hydrogens (tertiary/aromatic N) is 2. The molecular formula is C16H22N4O3. The Hall–Kier alpha value is -2.44. The number of hydrogen-bond acceptors (Lipinski definition) is 4. The van der Waals surface area contributed by atoms with Gasteiger partial charge in [0.2, 0.25) is 0 Å². The molecule has 1 aliphatic heterocycles. The predicted molar refractivity (Wildman–Crippen MR) is 88.9 cm³/mol. The van der Waals surface area contributed by atoms with Gasteiger partial charge in [-0.15, -0.1) is 0 Å². The van der Waals surface area contributed by atoms with E-state index in [9.17, 15) is 9.59 Å². The van der Waals surface area contributed by atoms with Crippen molar-refractivity contribution in [2.45, 2.75) is 26.3 Å². The number of aromatic nitrogens is 1. The topological polar surface area (TPSA) is 81.6 Å². The summed E-state index contributed by atoms with van der Waals surface area (Å²) >= 11 is 0. The van der Waals surface area contributed by atoms with E-state index >= 15 is 0 Å². The van der Waals surface area contributed by atoms with Gasteiger partial charge in [0.15, 0.2) is 5.58 Å². The summed E-state index contributed by atoms with van der Waals surface area (Å²) in [5.74, 6) is -0.444. The van der Waals surface area contributed by atoms with Crippen LogP contribution in [0.1, 0.15) is 20.8 Å². The van der Waals surface area contributed by atoms with Crippen molar-refractivity contribution in [1.29, 1.82) is 0 Å². The van der Waals surface area contributed by atoms with Crippen molar-refractivity contribution in [2.24, 2.45) is 0 Å². The minimum Gasteiger partial charge on any atom is -0.408 e. The summed E-state index contributed by atoms with van der Waals surface area (Å²) in [4.78, 5) is 30.1. The van der Waals surface area contributed by atoms with Gasteiger partial charge >= 0.3 is 11.8 Å². The van der Waals surface area contributed by atoms with E-state index in [2.05, 4.69) is 15.2 Å². The van der Waals surface area contributed by atoms with Gasteiger partial charge in [0.05, 0.1) is 5.52 Å². The molecule has 0 unspecified atom stereocenters. The lowest BCUT2D eigenvalue weighted by molar-refractivity contribution is 0.185. The summed E-state index contributed by atoms with van der Waals surface area (Å²) in [5.41, 5.74) is 2.04. The van der Waals surface area contributed by atoms with Crippen molar-refractivity contribution in [3.8, 4) is 0 Å². The van der Waals surface area contributed by atoms with E-state index in [0.717, 1.165) is 18.8 Å². The van der Waals surface area contributed by atoms with Crippen molar-refractivity contribution >= 4 is 22.8 Å². The standard InChI is InChI=1S/C16H22N4O3/c1-16(2,3)18-14(21)20-8-6-19(7-9-20)11-4-5-13-12(10-11)17-15(22)23-13/h4-5,10H,6-9H2,1-3H3,(H,17,22)(H,18,21). The van der Waals surface area contributed by atoms with Crippen LogP contribution in [0.4, 0.5) is 10.5 Å². The molecule has 2 heterocycles. The fourth-order valence-electron chi connectivity index (χ4n) is 2.70. The lowest BCUT2D eigenvalue weighted by atomic mass is 10.1. The summed E-state index contributed by atoms with van der Waals surface area (Å²) in [6, 6.07) is 5.61. The molecular weight excluding hydrogens is 296 g/mol. The summed E-state index contributed by atoms with van der Waals surface area (Å²) in [6.45, 7) is 8.77. The Balaban J connectivity index is 1.65. The van der Waals surface area contributed by atoms with E-state index < -0.39 is 5.76 Å². The zero-order valence-electron chi connectivity index (χ0n) is 13.7. The molecule has 7 nitrogen and oxygen atoms in total. The number of anilines is 1. The first-order chi connectivity index (χ1) is 10.8. The predicted octanol–water partition coefficient (Wildman–Crippen LogP) is 1.75. The fourth-order valence-corrected chi connectivity index (χ4v) is 2.70. The number of aromatic amines is 1. The summed E-state index contributed by atoms with van der Waals surface area (Å²) in [5, 5.41) is 2.99. The number of carbonyl (C=O) groups is 1. The van der Waals surface area contributed by atoms with Gasteiger partial charge in [-0.05, 0) is 39.0 Å². The molecule has 1 aromatic heterocycles. The van der Waals surface area contributed by atoms with Crippen molar-refractivity contribution in [3.05, 3.63) is 28.7 Å². The van der Waals surface area contributed by atoms with Gasteiger partial charge in [-0.1, -0.05) is 0 Å². The van der Waals surface area contributed by atoms with Crippen molar-refractivity contribution in [3.63, 3.8) is 0 Å². The molecule has 1 aliphatic rings. The fraction of sp³-hybridized carbons (Fsp3) is 0.500. The Morgan fingerprint density at radius 1 is 1.22 bits per heavy atom. The first-order valence-electron chi connectivity index (χ1n) is 7.77. The molecule has 2 amide bonds. The zero-order chi connectivity index (χ0) is 16.6. The highest BCUT2D eigenvalue weighted by atomic mass is 16.4. The molecule has 0 spiro atoms. The number of fused-ring (bicyclic) bond motifs is 1. The molecule has 124 valence electrons. The molecule has 0 atom stereocenters. The van der Waals surface area contributed by atoms with E-state index in [1.165, 1.54) is 0 Å². The number of piperazine rings is 1. The zero-order valence-corrected chi connectivity index (χ0v) is 13.7. The SMILES string of the molecule is CC(C)(C)NC(=O)N1CCN(c2ccc3oc(=O)[nH]c3c2)CC1. The Bertz CT molecular complexity index is 763. The number of carbonyl (C=O) groups excluding carboxylic acids is 1. The van der Waals surface area contributed by atoms with Crippen LogP contribution in [-0.2, 0) is 0 Å². The smallest absolute Gasteiger partial charge is 0.408 e. The second kappa shape index (κ2) is 5.64. The highest BCUT2D eigenvalue weighted by Crippen LogP contribution is 2.21. The van der Waals surface area contributed by atoms with Crippen LogP contribution in [0.25, 0.3) is 11.1 Å². The molecule has 23 heavy (non-hydrogen) atoms. The van der Waals surface area contributed by atoms with Gasteiger partial charge in [-0.2, -0.15) is 0 Å². The number of nitrogens with one attached hydrogen (secondary N) is 2. The van der Waals surface area contributed by atoms with Crippen LogP contribution in [0, 0.1) is 0 Å². The molecule has 1 aromatic carbocycles. The van der Waals surface area contributed by atoms with Crippen LogP contribution in [0.3, 0.4) is 0 Å². The average molecular weight is 318 g/mol. The van der Waals surface area contributed by atoms with Crippen molar-refractivity contribution < 1.29 is 9.21 Å². The number of H-pyrrole nitrogens is 1. The van der Waals surface area contributed by atoms with Crippen LogP contribution in [0.2, 0.25) is 0 Å². The van der Waals surface area contributed by atoms with Crippen molar-refractivity contribution in [2.75, 3.05) is 31.1 Å².